The lowest BCUT2D eigenvalue weighted by Crippen LogP contribution is -2.43. The Labute approximate surface area is 139 Å². The lowest BCUT2D eigenvalue weighted by atomic mass is 9.95. The molecule has 1 fully saturated rings. The van der Waals surface area contributed by atoms with E-state index in [1.54, 1.807) is 18.5 Å². The number of hydrogen-bond donors (Lipinski definition) is 1. The summed E-state index contributed by atoms with van der Waals surface area (Å²) in [6, 6.07) is 0. The molecule has 0 spiro atoms. The van der Waals surface area contributed by atoms with Crippen LogP contribution in [0.3, 0.4) is 0 Å². The first-order valence-corrected chi connectivity index (χ1v) is 9.80. The zero-order valence-electron chi connectivity index (χ0n) is 14.8. The molecular formula is C16H29N3O3S. The Morgan fingerprint density at radius 2 is 1.96 bits per heavy atom. The number of piperidine rings is 1. The normalized spacial score (nSPS) is 21.8. The van der Waals surface area contributed by atoms with Crippen molar-refractivity contribution < 1.29 is 13.5 Å². The minimum absolute atomic E-state index is 0.00449. The van der Waals surface area contributed by atoms with Crippen LogP contribution >= 0.6 is 0 Å². The summed E-state index contributed by atoms with van der Waals surface area (Å²) in [5, 5.41) is 14.2. The molecule has 2 atom stereocenters. The Morgan fingerprint density at radius 3 is 2.52 bits per heavy atom. The Hall–Kier alpha value is -0.920. The number of rotatable bonds is 5. The van der Waals surface area contributed by atoms with Gasteiger partial charge in [0.25, 0.3) is 0 Å². The molecule has 6 nitrogen and oxygen atoms in total. The molecule has 0 bridgehead atoms. The third-order valence-corrected chi connectivity index (χ3v) is 6.67. The van der Waals surface area contributed by atoms with Gasteiger partial charge in [-0.3, -0.25) is 4.68 Å². The third kappa shape index (κ3) is 3.78. The Morgan fingerprint density at radius 1 is 1.30 bits per heavy atom. The SMILES string of the molecule is Cc1nn(CC(C)C)c(C)c1S(=O)(=O)N1CCCC(C(C)O)C1. The molecule has 132 valence electrons. The van der Waals surface area contributed by atoms with Gasteiger partial charge < -0.3 is 5.11 Å². The van der Waals surface area contributed by atoms with Gasteiger partial charge in [0.1, 0.15) is 4.90 Å². The van der Waals surface area contributed by atoms with E-state index in [2.05, 4.69) is 18.9 Å². The second kappa shape index (κ2) is 6.91. The van der Waals surface area contributed by atoms with Crippen LogP contribution < -0.4 is 0 Å². The Bertz CT molecular complexity index is 650. The van der Waals surface area contributed by atoms with E-state index in [0.29, 0.717) is 41.8 Å². The van der Waals surface area contributed by atoms with E-state index in [1.807, 2.05) is 6.92 Å². The monoisotopic (exact) mass is 343 g/mol. The van der Waals surface area contributed by atoms with Gasteiger partial charge in [0.2, 0.25) is 10.0 Å². The van der Waals surface area contributed by atoms with Crippen molar-refractivity contribution in [1.82, 2.24) is 14.1 Å². The molecule has 0 saturated carbocycles. The van der Waals surface area contributed by atoms with Gasteiger partial charge in [0, 0.05) is 19.6 Å². The highest BCUT2D eigenvalue weighted by Crippen LogP contribution is 2.29. The molecule has 1 aliphatic heterocycles. The highest BCUT2D eigenvalue weighted by Gasteiger charge is 2.35. The Kier molecular flexibility index (Phi) is 5.53. The van der Waals surface area contributed by atoms with Crippen LogP contribution in [-0.2, 0) is 16.6 Å². The van der Waals surface area contributed by atoms with E-state index < -0.39 is 16.1 Å². The van der Waals surface area contributed by atoms with E-state index in [4.69, 9.17) is 0 Å². The van der Waals surface area contributed by atoms with Gasteiger partial charge in [-0.05, 0) is 45.4 Å². The van der Waals surface area contributed by atoms with E-state index in [0.717, 1.165) is 12.8 Å². The fourth-order valence-electron chi connectivity index (χ4n) is 3.29. The minimum atomic E-state index is -3.57. The van der Waals surface area contributed by atoms with Gasteiger partial charge in [-0.25, -0.2) is 8.42 Å². The van der Waals surface area contributed by atoms with Crippen LogP contribution in [-0.4, -0.2) is 46.8 Å². The van der Waals surface area contributed by atoms with Crippen molar-refractivity contribution in [1.29, 1.82) is 0 Å². The van der Waals surface area contributed by atoms with Crippen molar-refractivity contribution in [2.75, 3.05) is 13.1 Å². The predicted molar refractivity (Wildman–Crippen MR) is 89.7 cm³/mol. The van der Waals surface area contributed by atoms with Crippen molar-refractivity contribution in [3.63, 3.8) is 0 Å². The highest BCUT2D eigenvalue weighted by atomic mass is 32.2. The number of aryl methyl sites for hydroxylation is 1. The first kappa shape index (κ1) is 18.4. The number of sulfonamides is 1. The summed E-state index contributed by atoms with van der Waals surface area (Å²) in [7, 11) is -3.57. The topological polar surface area (TPSA) is 75.4 Å². The maximum absolute atomic E-state index is 13.1. The molecule has 1 N–H and O–H groups in total. The predicted octanol–water partition coefficient (Wildman–Crippen LogP) is 1.94. The van der Waals surface area contributed by atoms with Crippen molar-refractivity contribution >= 4 is 10.0 Å². The van der Waals surface area contributed by atoms with Crippen molar-refractivity contribution in [2.24, 2.45) is 11.8 Å². The number of hydrogen-bond acceptors (Lipinski definition) is 4. The third-order valence-electron chi connectivity index (χ3n) is 4.55. The standard InChI is InChI=1S/C16H29N3O3S/c1-11(2)9-19-13(4)16(12(3)17-19)23(21,22)18-8-6-7-15(10-18)14(5)20/h11,14-15,20H,6-10H2,1-5H3. The van der Waals surface area contributed by atoms with Crippen LogP contribution in [0.15, 0.2) is 4.90 Å². The first-order chi connectivity index (χ1) is 10.6. The molecule has 1 aromatic heterocycles. The second-order valence-electron chi connectivity index (χ2n) is 7.08. The maximum Gasteiger partial charge on any atom is 0.246 e. The molecular weight excluding hydrogens is 314 g/mol. The highest BCUT2D eigenvalue weighted by molar-refractivity contribution is 7.89. The van der Waals surface area contributed by atoms with E-state index in [1.165, 1.54) is 4.31 Å². The molecule has 0 aliphatic carbocycles. The van der Waals surface area contributed by atoms with Gasteiger partial charge >= 0.3 is 0 Å². The number of nitrogens with zero attached hydrogens (tertiary/aromatic N) is 3. The molecule has 0 amide bonds. The van der Waals surface area contributed by atoms with Crippen LogP contribution in [0.25, 0.3) is 0 Å². The van der Waals surface area contributed by atoms with Gasteiger partial charge in [0.15, 0.2) is 0 Å². The summed E-state index contributed by atoms with van der Waals surface area (Å²) in [4.78, 5) is 0.337. The largest absolute Gasteiger partial charge is 0.393 e. The molecule has 0 aromatic carbocycles. The molecule has 2 heterocycles. The van der Waals surface area contributed by atoms with Crippen LogP contribution in [0.5, 0.6) is 0 Å². The number of aliphatic hydroxyl groups excluding tert-OH is 1. The average molecular weight is 343 g/mol. The van der Waals surface area contributed by atoms with Crippen molar-refractivity contribution in [2.45, 2.75) is 65.0 Å². The van der Waals surface area contributed by atoms with Gasteiger partial charge in [0.05, 0.1) is 17.5 Å². The summed E-state index contributed by atoms with van der Waals surface area (Å²) < 4.78 is 29.5. The summed E-state index contributed by atoms with van der Waals surface area (Å²) in [5.41, 5.74) is 1.26. The van der Waals surface area contributed by atoms with E-state index in [9.17, 15) is 13.5 Å². The van der Waals surface area contributed by atoms with Gasteiger partial charge in [-0.2, -0.15) is 9.40 Å². The molecule has 23 heavy (non-hydrogen) atoms. The summed E-state index contributed by atoms with van der Waals surface area (Å²) in [6.45, 7) is 11.1. The quantitative estimate of drug-likeness (QED) is 0.886. The Balaban J connectivity index is 2.34. The maximum atomic E-state index is 13.1. The van der Waals surface area contributed by atoms with Crippen LogP contribution in [0, 0.1) is 25.7 Å². The second-order valence-corrected chi connectivity index (χ2v) is 8.96. The van der Waals surface area contributed by atoms with Crippen LogP contribution in [0.1, 0.15) is 45.0 Å². The average Bonchev–Trinajstić information content (AvgIpc) is 2.73. The summed E-state index contributed by atoms with van der Waals surface area (Å²) in [5.74, 6) is 0.406. The molecule has 7 heteroatoms. The van der Waals surface area contributed by atoms with Crippen LogP contribution in [0.4, 0.5) is 0 Å². The van der Waals surface area contributed by atoms with E-state index in [-0.39, 0.29) is 5.92 Å². The van der Waals surface area contributed by atoms with Crippen molar-refractivity contribution in [3.05, 3.63) is 11.4 Å². The number of aliphatic hydroxyl groups is 1. The van der Waals surface area contributed by atoms with E-state index >= 15 is 0 Å². The zero-order chi connectivity index (χ0) is 17.4. The summed E-state index contributed by atoms with van der Waals surface area (Å²) in [6.07, 6.45) is 1.17. The number of aromatic nitrogens is 2. The van der Waals surface area contributed by atoms with Crippen LogP contribution in [0.2, 0.25) is 0 Å². The fourth-order valence-corrected chi connectivity index (χ4v) is 5.20. The molecule has 2 unspecified atom stereocenters. The molecule has 1 saturated heterocycles. The fraction of sp³-hybridized carbons (Fsp3) is 0.812. The zero-order valence-corrected chi connectivity index (χ0v) is 15.6. The first-order valence-electron chi connectivity index (χ1n) is 8.36. The van der Waals surface area contributed by atoms with Crippen molar-refractivity contribution in [3.8, 4) is 0 Å². The van der Waals surface area contributed by atoms with Gasteiger partial charge in [-0.15, -0.1) is 0 Å². The van der Waals surface area contributed by atoms with Gasteiger partial charge in [-0.1, -0.05) is 13.8 Å². The molecule has 1 aromatic rings. The lowest BCUT2D eigenvalue weighted by molar-refractivity contribution is 0.0885. The smallest absolute Gasteiger partial charge is 0.246 e. The molecule has 1 aliphatic rings. The lowest BCUT2D eigenvalue weighted by Gasteiger charge is -2.33. The minimum Gasteiger partial charge on any atom is -0.393 e. The molecule has 0 radical (unpaired) electrons. The summed E-state index contributed by atoms with van der Waals surface area (Å²) >= 11 is 0. The molecule has 2 rings (SSSR count).